The zero-order valence-electron chi connectivity index (χ0n) is 47.9. The van der Waals surface area contributed by atoms with Crippen molar-refractivity contribution in [3.63, 3.8) is 0 Å². The standard InChI is InChI=1S/C38H38O12S3.C26H30O6S/c1-27-7-11-29(12-8-27)47-23-5-3-4-6-24-48-30-15-17-32(18-16-30)50-36-22-20-34(26-38(36)53(44,45)46)51(39,40)33-19-21-35(37(25-33)52(41,42)43)49-31-13-9-28(2)10-14-31;1-29-19-5-3-4-6-20-31-22-7-9-23(10-8-22)32-24-13-17-26(18-14-24)33(27,28)25-15-11-21(30-2)12-16-25/h7-22,25-26H,3-6,23-24H2,1-2H3,(H,41,42,43)(H,44,45,46);7-18H,3-6,19-20H2,1-2H3. The zero-order chi connectivity index (χ0) is 61.7. The van der Waals surface area contributed by atoms with Crippen molar-refractivity contribution < 1.29 is 80.7 Å². The van der Waals surface area contributed by atoms with Gasteiger partial charge in [-0.2, -0.15) is 16.8 Å². The van der Waals surface area contributed by atoms with Gasteiger partial charge < -0.3 is 37.9 Å². The topological polar surface area (TPSA) is 251 Å². The van der Waals surface area contributed by atoms with E-state index in [1.54, 1.807) is 79.9 Å². The summed E-state index contributed by atoms with van der Waals surface area (Å²) in [5.74, 6) is 3.69. The van der Waals surface area contributed by atoms with Crippen LogP contribution in [0, 0.1) is 13.8 Å². The quantitative estimate of drug-likeness (QED) is 0.0313. The molecule has 0 atom stereocenters. The molecule has 86 heavy (non-hydrogen) atoms. The lowest BCUT2D eigenvalue weighted by Gasteiger charge is -2.14. The molecular formula is C64H68O18S4. The maximum Gasteiger partial charge on any atom is 0.298 e. The molecule has 22 heteroatoms. The minimum Gasteiger partial charge on any atom is -0.497 e. The first-order valence-electron chi connectivity index (χ1n) is 27.3. The number of aryl methyl sites for hydroxylation is 2. The van der Waals surface area contributed by atoms with Crippen molar-refractivity contribution in [1.82, 2.24) is 0 Å². The Kier molecular flexibility index (Phi) is 23.6. The number of rotatable bonds is 30. The van der Waals surface area contributed by atoms with Gasteiger partial charge in [0.1, 0.15) is 67.3 Å². The summed E-state index contributed by atoms with van der Waals surface area (Å²) in [7, 11) is -15.0. The average Bonchev–Trinajstić information content (AvgIpc) is 1.07. The van der Waals surface area contributed by atoms with Crippen LogP contribution in [0.1, 0.15) is 62.5 Å². The number of benzene rings is 8. The lowest BCUT2D eigenvalue weighted by Crippen LogP contribution is -2.08. The maximum atomic E-state index is 13.6. The van der Waals surface area contributed by atoms with Crippen LogP contribution in [0.15, 0.2) is 211 Å². The molecular weight excluding hydrogens is 1180 g/mol. The lowest BCUT2D eigenvalue weighted by atomic mass is 10.2. The highest BCUT2D eigenvalue weighted by atomic mass is 32.2. The number of ether oxygens (including phenoxy) is 8. The van der Waals surface area contributed by atoms with E-state index in [0.717, 1.165) is 99.3 Å². The monoisotopic (exact) mass is 1250 g/mol. The minimum atomic E-state index is -5.02. The molecule has 8 aromatic carbocycles. The van der Waals surface area contributed by atoms with Gasteiger partial charge in [0.2, 0.25) is 19.7 Å². The van der Waals surface area contributed by atoms with Gasteiger partial charge in [0.05, 0.1) is 46.5 Å². The number of unbranched alkanes of at least 4 members (excludes halogenated alkanes) is 6. The van der Waals surface area contributed by atoms with Gasteiger partial charge in [0, 0.05) is 13.7 Å². The Hall–Kier alpha value is -7.96. The van der Waals surface area contributed by atoms with Crippen LogP contribution in [0.25, 0.3) is 0 Å². The molecule has 0 bridgehead atoms. The maximum absolute atomic E-state index is 13.6. The Morgan fingerprint density at radius 2 is 0.593 bits per heavy atom. The van der Waals surface area contributed by atoms with E-state index >= 15 is 0 Å². The van der Waals surface area contributed by atoms with Gasteiger partial charge >= 0.3 is 0 Å². The van der Waals surface area contributed by atoms with Crippen LogP contribution in [0.5, 0.6) is 57.5 Å². The molecule has 0 saturated heterocycles. The fourth-order valence-electron chi connectivity index (χ4n) is 8.27. The number of sulfone groups is 2. The third-order valence-corrected chi connectivity index (χ3v) is 18.3. The van der Waals surface area contributed by atoms with Crippen LogP contribution in [0.3, 0.4) is 0 Å². The van der Waals surface area contributed by atoms with Crippen LogP contribution < -0.4 is 33.2 Å². The number of hydrogen-bond donors (Lipinski definition) is 2. The average molecular weight is 1250 g/mol. The van der Waals surface area contributed by atoms with Crippen molar-refractivity contribution in [2.45, 2.75) is 94.6 Å². The summed E-state index contributed by atoms with van der Waals surface area (Å²) in [5, 5.41) is 0. The van der Waals surface area contributed by atoms with E-state index in [-0.39, 0.29) is 32.8 Å². The van der Waals surface area contributed by atoms with Crippen molar-refractivity contribution in [3.8, 4) is 57.5 Å². The van der Waals surface area contributed by atoms with Gasteiger partial charge in [0.25, 0.3) is 20.2 Å². The first kappa shape index (κ1) is 65.6. The molecule has 0 radical (unpaired) electrons. The molecule has 0 aromatic heterocycles. The smallest absolute Gasteiger partial charge is 0.298 e. The van der Waals surface area contributed by atoms with Crippen LogP contribution in [0.2, 0.25) is 0 Å². The van der Waals surface area contributed by atoms with E-state index in [2.05, 4.69) is 0 Å². The summed E-state index contributed by atoms with van der Waals surface area (Å²) < 4.78 is 166. The SMILES string of the molecule is COCCCCCCOc1ccc(Oc2ccc(S(=O)(=O)c3ccc(OC)cc3)cc2)cc1.Cc1ccc(OCCCCCCOc2ccc(Oc3ccc(S(=O)(=O)c4ccc(Oc5ccc(C)cc5)c(S(=O)(=O)O)c4)cc3S(=O)(=O)O)cc2)cc1. The fraction of sp³-hybridized carbons (Fsp3) is 0.250. The Bertz CT molecular complexity index is 3920. The third-order valence-electron chi connectivity index (χ3n) is 13.0. The minimum absolute atomic E-state index is 0.174. The molecule has 8 rings (SSSR count). The van der Waals surface area contributed by atoms with E-state index in [0.29, 0.717) is 55.0 Å². The highest BCUT2D eigenvalue weighted by molar-refractivity contribution is 7.92. The highest BCUT2D eigenvalue weighted by Gasteiger charge is 2.28. The molecule has 8 aromatic rings. The largest absolute Gasteiger partial charge is 0.497 e. The number of methoxy groups -OCH3 is 2. The summed E-state index contributed by atoms with van der Waals surface area (Å²) in [6.07, 6.45) is 8.05. The molecule has 0 fully saturated rings. The second-order valence-electron chi connectivity index (χ2n) is 19.6. The molecule has 456 valence electrons. The Balaban J connectivity index is 0.000000275. The molecule has 0 saturated carbocycles. The van der Waals surface area contributed by atoms with Crippen LogP contribution >= 0.6 is 0 Å². The first-order chi connectivity index (χ1) is 41.1. The summed E-state index contributed by atoms with van der Waals surface area (Å²) in [6, 6.07) is 46.4. The van der Waals surface area contributed by atoms with E-state index in [4.69, 9.17) is 37.9 Å². The Morgan fingerprint density at radius 1 is 0.314 bits per heavy atom. The predicted octanol–water partition coefficient (Wildman–Crippen LogP) is 14.1. The Morgan fingerprint density at radius 3 is 0.942 bits per heavy atom. The van der Waals surface area contributed by atoms with Gasteiger partial charge in [0.15, 0.2) is 0 Å². The third kappa shape index (κ3) is 19.5. The van der Waals surface area contributed by atoms with Gasteiger partial charge in [-0.1, -0.05) is 41.8 Å². The van der Waals surface area contributed by atoms with Crippen molar-refractivity contribution in [2.75, 3.05) is 40.6 Å². The molecule has 0 aliphatic carbocycles. The van der Waals surface area contributed by atoms with Crippen molar-refractivity contribution in [2.24, 2.45) is 0 Å². The van der Waals surface area contributed by atoms with Gasteiger partial charge in [-0.3, -0.25) is 9.11 Å². The summed E-state index contributed by atoms with van der Waals surface area (Å²) in [4.78, 5) is -2.47. The van der Waals surface area contributed by atoms with Crippen molar-refractivity contribution >= 4 is 39.9 Å². The molecule has 0 unspecified atom stereocenters. The highest BCUT2D eigenvalue weighted by Crippen LogP contribution is 2.37. The molecule has 18 nitrogen and oxygen atoms in total. The second kappa shape index (κ2) is 30.9. The second-order valence-corrected chi connectivity index (χ2v) is 26.2. The lowest BCUT2D eigenvalue weighted by molar-refractivity contribution is 0.191. The van der Waals surface area contributed by atoms with Crippen LogP contribution in [-0.4, -0.2) is 83.4 Å². The van der Waals surface area contributed by atoms with Crippen LogP contribution in [-0.2, 0) is 44.6 Å². The molecule has 0 aliphatic heterocycles. The van der Waals surface area contributed by atoms with Gasteiger partial charge in [-0.15, -0.1) is 0 Å². The molecule has 0 amide bonds. The molecule has 0 aliphatic rings. The molecule has 0 heterocycles. The first-order valence-corrected chi connectivity index (χ1v) is 33.2. The Labute approximate surface area is 503 Å². The van der Waals surface area contributed by atoms with Gasteiger partial charge in [-0.25, -0.2) is 16.8 Å². The van der Waals surface area contributed by atoms with Crippen LogP contribution in [0.4, 0.5) is 0 Å². The van der Waals surface area contributed by atoms with Crippen molar-refractivity contribution in [3.05, 3.63) is 193 Å². The van der Waals surface area contributed by atoms with E-state index in [1.165, 1.54) is 36.9 Å². The van der Waals surface area contributed by atoms with E-state index in [9.17, 15) is 42.8 Å². The normalized spacial score (nSPS) is 11.7. The number of hydrogen-bond acceptors (Lipinski definition) is 16. The summed E-state index contributed by atoms with van der Waals surface area (Å²) >= 11 is 0. The molecule has 2 N–H and O–H groups in total. The zero-order valence-corrected chi connectivity index (χ0v) is 51.1. The predicted molar refractivity (Wildman–Crippen MR) is 324 cm³/mol. The van der Waals surface area contributed by atoms with Crippen molar-refractivity contribution in [1.29, 1.82) is 0 Å². The van der Waals surface area contributed by atoms with Gasteiger partial charge in [-0.05, 0) is 217 Å². The van der Waals surface area contributed by atoms with E-state index < -0.39 is 59.5 Å². The van der Waals surface area contributed by atoms with E-state index in [1.807, 2.05) is 62.4 Å². The summed E-state index contributed by atoms with van der Waals surface area (Å²) in [6.45, 7) is 6.47. The molecule has 0 spiro atoms. The fourth-order valence-corrected chi connectivity index (χ4v) is 12.3. The summed E-state index contributed by atoms with van der Waals surface area (Å²) in [5.41, 5.74) is 2.09.